The van der Waals surface area contributed by atoms with Gasteiger partial charge in [-0.3, -0.25) is 19.4 Å². The molecule has 2 aliphatic rings. The normalized spacial score (nSPS) is 15.1. The summed E-state index contributed by atoms with van der Waals surface area (Å²) in [6, 6.07) is 18.4. The summed E-state index contributed by atoms with van der Waals surface area (Å²) in [6.45, 7) is 3.07. The molecule has 0 aromatic heterocycles. The third-order valence-electron chi connectivity index (χ3n) is 9.55. The van der Waals surface area contributed by atoms with E-state index in [1.807, 2.05) is 0 Å². The van der Waals surface area contributed by atoms with Crippen LogP contribution in [-0.2, 0) is 26.7 Å². The van der Waals surface area contributed by atoms with Gasteiger partial charge >= 0.3 is 12.4 Å². The van der Waals surface area contributed by atoms with E-state index >= 15 is 0 Å². The van der Waals surface area contributed by atoms with Crippen molar-refractivity contribution in [2.45, 2.75) is 25.4 Å². The topological polar surface area (TPSA) is 199 Å². The van der Waals surface area contributed by atoms with Gasteiger partial charge in [0.15, 0.2) is 39.6 Å². The van der Waals surface area contributed by atoms with Gasteiger partial charge in [-0.15, -0.1) is 0 Å². The molecule has 6 rings (SSSR count). The summed E-state index contributed by atoms with van der Waals surface area (Å²) in [5.74, 6) is -1.22. The van der Waals surface area contributed by atoms with Crippen LogP contribution >= 0.6 is 23.5 Å². The number of amides is 2. The summed E-state index contributed by atoms with van der Waals surface area (Å²) >= 11 is 2.23. The zero-order valence-electron chi connectivity index (χ0n) is 37.6. The largest absolute Gasteiger partial charge is 0.493 e. The first kappa shape index (κ1) is 53.5. The highest BCUT2D eigenvalue weighted by Crippen LogP contribution is 2.43. The van der Waals surface area contributed by atoms with E-state index in [9.17, 15) is 45.8 Å². The van der Waals surface area contributed by atoms with E-state index < -0.39 is 47.0 Å². The second-order valence-corrected chi connectivity index (χ2v) is 16.8. The number of piperazine rings is 1. The van der Waals surface area contributed by atoms with Gasteiger partial charge in [0.2, 0.25) is 5.91 Å². The number of aliphatic imine (C=N–C) groups is 2. The molecule has 4 aromatic rings. The maximum Gasteiger partial charge on any atom is 0.420 e. The molecular formula is C47H41F6N7O8S2. The summed E-state index contributed by atoms with van der Waals surface area (Å²) in [7, 11) is 5.94. The molecule has 15 nitrogen and oxygen atoms in total. The molecule has 4 aromatic carbocycles. The van der Waals surface area contributed by atoms with Crippen LogP contribution in [-0.4, -0.2) is 104 Å². The second-order valence-electron chi connectivity index (χ2n) is 14.7. The van der Waals surface area contributed by atoms with Crippen molar-refractivity contribution >= 4 is 64.1 Å². The Morgan fingerprint density at radius 1 is 0.886 bits per heavy atom. The van der Waals surface area contributed by atoms with Crippen LogP contribution in [0.15, 0.2) is 92.6 Å². The van der Waals surface area contributed by atoms with Gasteiger partial charge < -0.3 is 39.2 Å². The van der Waals surface area contributed by atoms with Crippen LogP contribution in [0.3, 0.4) is 0 Å². The molecule has 2 amide bonds. The number of benzene rings is 4. The third-order valence-corrected chi connectivity index (χ3v) is 11.7. The van der Waals surface area contributed by atoms with Crippen LogP contribution in [0, 0.1) is 22.7 Å². The van der Waals surface area contributed by atoms with Crippen molar-refractivity contribution in [3.05, 3.63) is 116 Å². The summed E-state index contributed by atoms with van der Waals surface area (Å²) in [4.78, 5) is 47.9. The standard InChI is InChI=1S/C24H21F3N4O4S.C23H20F3N3O4S/c1-29-23(31-8-7-30-22(33)13-31)36-17(14-32)9-15-3-6-20(21(11-15)34-2)35-19-5-4-16(12-28)10-18(19)24(25,26)27;1-13(30)12-29(2)22-28-21(31)20(34-22)10-14-4-7-18(19(9-14)32-3)33-17-6-5-15(11-27)8-16(17)23(24,25)26/h3-6,9-11,14H,7-8,13H2,1-2H3,(H,30,33);4-10,13,30H,12H2,1-3H3/b17-9-,29-23?;20-10-. The van der Waals surface area contributed by atoms with Crippen LogP contribution in [0.4, 0.5) is 26.3 Å². The highest BCUT2D eigenvalue weighted by atomic mass is 32.2. The summed E-state index contributed by atoms with van der Waals surface area (Å²) in [5.41, 5.74) is -1.40. The average molecular weight is 1010 g/mol. The van der Waals surface area contributed by atoms with Gasteiger partial charge in [-0.25, -0.2) is 0 Å². The molecule has 1 saturated heterocycles. The average Bonchev–Trinajstić information content (AvgIpc) is 3.69. The van der Waals surface area contributed by atoms with Gasteiger partial charge in [0.25, 0.3) is 5.91 Å². The first-order valence-electron chi connectivity index (χ1n) is 20.4. The molecule has 0 saturated carbocycles. The number of nitriles is 2. The monoisotopic (exact) mass is 1010 g/mol. The molecule has 2 aliphatic heterocycles. The predicted octanol–water partition coefficient (Wildman–Crippen LogP) is 8.73. The quantitative estimate of drug-likeness (QED) is 0.0449. The molecule has 1 fully saturated rings. The number of carbonyl (C=O) groups excluding carboxylic acids is 3. The van der Waals surface area contributed by atoms with Crippen molar-refractivity contribution < 1.29 is 64.8 Å². The van der Waals surface area contributed by atoms with Gasteiger partial charge in [0.05, 0.1) is 71.1 Å². The fourth-order valence-corrected chi connectivity index (χ4v) is 8.09. The Kier molecular flexibility index (Phi) is 18.1. The van der Waals surface area contributed by atoms with Crippen molar-refractivity contribution in [1.29, 1.82) is 10.5 Å². The van der Waals surface area contributed by atoms with E-state index in [0.29, 0.717) is 63.3 Å². The zero-order valence-corrected chi connectivity index (χ0v) is 39.3. The number of likely N-dealkylation sites (N-methyl/N-ethyl adjacent to an activating group) is 1. The number of aliphatic hydroxyl groups excluding tert-OH is 1. The predicted molar refractivity (Wildman–Crippen MR) is 250 cm³/mol. The number of thioether (sulfide) groups is 2. The number of nitrogens with zero attached hydrogens (tertiary/aromatic N) is 6. The van der Waals surface area contributed by atoms with Crippen molar-refractivity contribution in [3.63, 3.8) is 0 Å². The lowest BCUT2D eigenvalue weighted by Crippen LogP contribution is -2.49. The van der Waals surface area contributed by atoms with Gasteiger partial charge in [-0.2, -0.15) is 41.9 Å². The molecule has 366 valence electrons. The lowest BCUT2D eigenvalue weighted by Gasteiger charge is -2.28. The molecule has 0 radical (unpaired) electrons. The minimum Gasteiger partial charge on any atom is -0.493 e. The second kappa shape index (κ2) is 23.7. The molecule has 1 atom stereocenters. The van der Waals surface area contributed by atoms with Crippen LogP contribution in [0.25, 0.3) is 12.2 Å². The lowest BCUT2D eigenvalue weighted by molar-refractivity contribution is -0.139. The molecule has 70 heavy (non-hydrogen) atoms. The van der Waals surface area contributed by atoms with Crippen molar-refractivity contribution in [2.24, 2.45) is 9.98 Å². The molecule has 2 N–H and O–H groups in total. The number of aldehydes is 1. The van der Waals surface area contributed by atoms with Gasteiger partial charge in [0.1, 0.15) is 11.5 Å². The smallest absolute Gasteiger partial charge is 0.420 e. The Bertz CT molecular complexity index is 2840. The fraction of sp³-hybridized carbons (Fsp3) is 0.255. The number of methoxy groups -OCH3 is 2. The van der Waals surface area contributed by atoms with Crippen molar-refractivity contribution in [2.75, 3.05) is 54.5 Å². The van der Waals surface area contributed by atoms with Crippen molar-refractivity contribution in [1.82, 2.24) is 15.1 Å². The molecule has 2 heterocycles. The summed E-state index contributed by atoms with van der Waals surface area (Å²) in [5, 5.41) is 31.0. The van der Waals surface area contributed by atoms with Crippen LogP contribution in [0.1, 0.15) is 40.3 Å². The maximum absolute atomic E-state index is 13.5. The first-order valence-corrected chi connectivity index (χ1v) is 22.0. The number of alkyl halides is 6. The van der Waals surface area contributed by atoms with E-state index in [1.165, 1.54) is 50.6 Å². The molecular weight excluding hydrogens is 969 g/mol. The Hall–Kier alpha value is -7.47. The van der Waals surface area contributed by atoms with E-state index in [0.717, 1.165) is 41.7 Å². The Morgan fingerprint density at radius 2 is 1.41 bits per heavy atom. The maximum atomic E-state index is 13.5. The Labute approximate surface area is 405 Å². The van der Waals surface area contributed by atoms with E-state index in [1.54, 1.807) is 67.2 Å². The number of rotatable bonds is 12. The lowest BCUT2D eigenvalue weighted by atomic mass is 10.1. The third kappa shape index (κ3) is 14.3. The molecule has 0 bridgehead atoms. The fourth-order valence-electron chi connectivity index (χ4n) is 6.37. The molecule has 0 aliphatic carbocycles. The number of amidine groups is 2. The number of nitrogens with one attached hydrogen (secondary N) is 1. The van der Waals surface area contributed by atoms with Crippen LogP contribution < -0.4 is 24.3 Å². The number of ether oxygens (including phenoxy) is 4. The van der Waals surface area contributed by atoms with E-state index in [-0.39, 0.29) is 46.6 Å². The van der Waals surface area contributed by atoms with Gasteiger partial charge in [-0.1, -0.05) is 12.1 Å². The minimum absolute atomic E-state index is 0.0142. The van der Waals surface area contributed by atoms with Crippen LogP contribution in [0.5, 0.6) is 34.5 Å². The number of aliphatic hydroxyl groups is 1. The molecule has 0 spiro atoms. The number of carbonyl (C=O) groups is 3. The first-order chi connectivity index (χ1) is 33.2. The number of allylic oxidation sites excluding steroid dienone is 1. The SMILES string of the molecule is CN=C(S/C(C=O)=C\c1ccc(Oc2ccc(C#N)cc2C(F)(F)F)c(OC)c1)N1CCNC(=O)C1.COc1cc(/C=C2\SC(N(C)CC(C)O)=NC2=O)ccc1Oc1ccc(C#N)cc1C(F)(F)F. The van der Waals surface area contributed by atoms with Crippen LogP contribution in [0.2, 0.25) is 0 Å². The highest BCUT2D eigenvalue weighted by molar-refractivity contribution is 8.18. The van der Waals surface area contributed by atoms with Crippen molar-refractivity contribution in [3.8, 4) is 46.6 Å². The Balaban J connectivity index is 0.000000261. The zero-order chi connectivity index (χ0) is 51.3. The number of halogens is 6. The van der Waals surface area contributed by atoms with Gasteiger partial charge in [-0.05, 0) is 114 Å². The molecule has 23 heteroatoms. The van der Waals surface area contributed by atoms with E-state index in [4.69, 9.17) is 29.5 Å². The number of hydrogen-bond acceptors (Lipinski definition) is 14. The van der Waals surface area contributed by atoms with Gasteiger partial charge in [0, 0.05) is 33.7 Å². The molecule has 1 unspecified atom stereocenters. The van der Waals surface area contributed by atoms with E-state index in [2.05, 4.69) is 15.3 Å². The Morgan fingerprint density at radius 3 is 1.89 bits per heavy atom. The highest BCUT2D eigenvalue weighted by Gasteiger charge is 2.36. The summed E-state index contributed by atoms with van der Waals surface area (Å²) < 4.78 is 102. The minimum atomic E-state index is -4.73. The number of hydrogen-bond donors (Lipinski definition) is 2. The summed E-state index contributed by atoms with van der Waals surface area (Å²) in [6.07, 6.45) is -6.28.